The topological polar surface area (TPSA) is 104 Å². The van der Waals surface area contributed by atoms with Crippen LogP contribution in [-0.4, -0.2) is 43.2 Å². The van der Waals surface area contributed by atoms with Gasteiger partial charge < -0.3 is 14.3 Å². The monoisotopic (exact) mass is 418 g/mol. The maximum absolute atomic E-state index is 12.6. The third kappa shape index (κ3) is 4.10. The van der Waals surface area contributed by atoms with Crippen LogP contribution in [0.25, 0.3) is 10.9 Å². The Hall–Kier alpha value is -3.42. The van der Waals surface area contributed by atoms with Crippen LogP contribution in [0.4, 0.5) is 0 Å². The highest BCUT2D eigenvalue weighted by molar-refractivity contribution is 5.83. The minimum Gasteiger partial charge on any atom is -0.425 e. The molecule has 0 bridgehead atoms. The lowest BCUT2D eigenvalue weighted by molar-refractivity contribution is -0.130. The van der Waals surface area contributed by atoms with Crippen LogP contribution in [0.5, 0.6) is 0 Å². The number of benzene rings is 1. The quantitative estimate of drug-likeness (QED) is 0.479. The van der Waals surface area contributed by atoms with E-state index in [0.29, 0.717) is 37.6 Å². The lowest BCUT2D eigenvalue weighted by Crippen LogP contribution is -2.27. The van der Waals surface area contributed by atoms with Crippen molar-refractivity contribution >= 4 is 16.8 Å². The number of fused-ring (bicyclic) bond motifs is 2. The molecule has 1 aliphatic carbocycles. The summed E-state index contributed by atoms with van der Waals surface area (Å²) in [7, 11) is 1.82. The summed E-state index contributed by atoms with van der Waals surface area (Å²) in [6.45, 7) is 0.528. The summed E-state index contributed by atoms with van der Waals surface area (Å²) in [5.74, 6) is 1.10. The van der Waals surface area contributed by atoms with Gasteiger partial charge in [0.2, 0.25) is 17.7 Å². The average Bonchev–Trinajstić information content (AvgIpc) is 3.52. The van der Waals surface area contributed by atoms with Gasteiger partial charge in [0.1, 0.15) is 0 Å². The molecule has 0 atom stereocenters. The average molecular weight is 419 g/mol. The van der Waals surface area contributed by atoms with Gasteiger partial charge in [-0.05, 0) is 42.9 Å². The molecule has 1 aliphatic rings. The summed E-state index contributed by atoms with van der Waals surface area (Å²) in [5.41, 5.74) is 5.72. The van der Waals surface area contributed by atoms with Gasteiger partial charge in [-0.2, -0.15) is 5.10 Å². The van der Waals surface area contributed by atoms with Gasteiger partial charge in [0.15, 0.2) is 0 Å². The number of aromatic amines is 2. The maximum atomic E-state index is 12.6. The van der Waals surface area contributed by atoms with Gasteiger partial charge in [-0.15, -0.1) is 10.2 Å². The van der Waals surface area contributed by atoms with E-state index in [2.05, 4.69) is 31.4 Å². The van der Waals surface area contributed by atoms with E-state index in [1.54, 1.807) is 4.90 Å². The van der Waals surface area contributed by atoms with Crippen molar-refractivity contribution in [3.8, 4) is 0 Å². The van der Waals surface area contributed by atoms with Crippen molar-refractivity contribution in [2.24, 2.45) is 0 Å². The molecule has 8 nitrogen and oxygen atoms in total. The largest absolute Gasteiger partial charge is 0.425 e. The molecule has 31 heavy (non-hydrogen) atoms. The molecular weight excluding hydrogens is 392 g/mol. The second kappa shape index (κ2) is 8.37. The van der Waals surface area contributed by atoms with Crippen molar-refractivity contribution in [1.29, 1.82) is 0 Å². The first-order valence-corrected chi connectivity index (χ1v) is 10.8. The highest BCUT2D eigenvalue weighted by Crippen LogP contribution is 2.23. The summed E-state index contributed by atoms with van der Waals surface area (Å²) in [5, 5.41) is 17.0. The first-order valence-electron chi connectivity index (χ1n) is 10.8. The molecule has 8 heteroatoms. The van der Waals surface area contributed by atoms with Crippen molar-refractivity contribution < 1.29 is 9.21 Å². The molecule has 0 unspecified atom stereocenters. The van der Waals surface area contributed by atoms with Crippen molar-refractivity contribution in [3.63, 3.8) is 0 Å². The van der Waals surface area contributed by atoms with Crippen LogP contribution in [0.1, 0.15) is 53.6 Å². The molecule has 0 spiro atoms. The molecule has 3 heterocycles. The highest BCUT2D eigenvalue weighted by Gasteiger charge is 2.20. The van der Waals surface area contributed by atoms with Gasteiger partial charge in [0.05, 0.1) is 18.7 Å². The fourth-order valence-corrected chi connectivity index (χ4v) is 4.30. The van der Waals surface area contributed by atoms with E-state index in [1.165, 1.54) is 24.1 Å². The van der Waals surface area contributed by atoms with E-state index < -0.39 is 0 Å². The van der Waals surface area contributed by atoms with Gasteiger partial charge in [0.25, 0.3) is 0 Å². The standard InChI is InChI=1S/C23H26N6O2/c1-29(14-20-17-7-3-5-9-19(17)25-26-20)23(30)11-10-21-27-28-22(31-21)12-15-13-24-18-8-4-2-6-16(15)18/h2,4,6,8,13,24H,3,5,7,9-12,14H2,1H3,(H,25,26). The number of nitrogens with zero attached hydrogens (tertiary/aromatic N) is 4. The number of carbonyl (C=O) groups is 1. The number of nitrogens with one attached hydrogen (secondary N) is 2. The number of hydrogen-bond acceptors (Lipinski definition) is 5. The van der Waals surface area contributed by atoms with Gasteiger partial charge in [-0.1, -0.05) is 18.2 Å². The predicted molar refractivity (Wildman–Crippen MR) is 115 cm³/mol. The maximum Gasteiger partial charge on any atom is 0.223 e. The Labute approximate surface area is 180 Å². The molecule has 0 saturated carbocycles. The molecule has 0 aliphatic heterocycles. The minimum atomic E-state index is 0.0453. The van der Waals surface area contributed by atoms with E-state index in [9.17, 15) is 4.79 Å². The predicted octanol–water partition coefficient (Wildman–Crippen LogP) is 3.33. The Morgan fingerprint density at radius 2 is 2.00 bits per heavy atom. The fourth-order valence-electron chi connectivity index (χ4n) is 4.30. The normalized spacial score (nSPS) is 13.5. The van der Waals surface area contributed by atoms with Crippen LogP contribution in [0.2, 0.25) is 0 Å². The number of rotatable bonds is 7. The van der Waals surface area contributed by atoms with Crippen molar-refractivity contribution in [3.05, 3.63) is 64.8 Å². The van der Waals surface area contributed by atoms with Crippen molar-refractivity contribution in [2.45, 2.75) is 51.5 Å². The van der Waals surface area contributed by atoms with E-state index in [1.807, 2.05) is 31.4 Å². The Bertz CT molecular complexity index is 1200. The third-order valence-electron chi connectivity index (χ3n) is 6.03. The SMILES string of the molecule is CN(Cc1n[nH]c2c1CCCC2)C(=O)CCc1nnc(Cc2c[nH]c3ccccc23)o1. The number of para-hydroxylation sites is 1. The number of aromatic nitrogens is 5. The van der Waals surface area contributed by atoms with Gasteiger partial charge in [-0.3, -0.25) is 9.89 Å². The van der Waals surface area contributed by atoms with Crippen LogP contribution < -0.4 is 0 Å². The van der Waals surface area contributed by atoms with Gasteiger partial charge in [-0.25, -0.2) is 0 Å². The molecule has 160 valence electrons. The number of carbonyl (C=O) groups excluding carboxylic acids is 1. The molecule has 0 saturated heterocycles. The van der Waals surface area contributed by atoms with Crippen LogP contribution >= 0.6 is 0 Å². The second-order valence-corrected chi connectivity index (χ2v) is 8.21. The van der Waals surface area contributed by atoms with Crippen molar-refractivity contribution in [2.75, 3.05) is 7.05 Å². The first kappa shape index (κ1) is 19.5. The number of aryl methyl sites for hydroxylation is 2. The van der Waals surface area contributed by atoms with E-state index >= 15 is 0 Å². The van der Waals surface area contributed by atoms with Gasteiger partial charge >= 0.3 is 0 Å². The summed E-state index contributed by atoms with van der Waals surface area (Å²) >= 11 is 0. The van der Waals surface area contributed by atoms with Crippen LogP contribution in [-0.2, 0) is 37.0 Å². The first-order chi connectivity index (χ1) is 15.2. The van der Waals surface area contributed by atoms with E-state index in [0.717, 1.165) is 35.0 Å². The van der Waals surface area contributed by atoms with Crippen LogP contribution in [0.15, 0.2) is 34.9 Å². The zero-order valence-corrected chi connectivity index (χ0v) is 17.6. The molecule has 1 amide bonds. The molecule has 1 aromatic carbocycles. The summed E-state index contributed by atoms with van der Waals surface area (Å²) in [6.07, 6.45) is 7.80. The molecule has 5 rings (SSSR count). The highest BCUT2D eigenvalue weighted by atomic mass is 16.4. The summed E-state index contributed by atoms with van der Waals surface area (Å²) < 4.78 is 5.79. The fraction of sp³-hybridized carbons (Fsp3) is 0.391. The zero-order valence-electron chi connectivity index (χ0n) is 17.6. The number of amides is 1. The van der Waals surface area contributed by atoms with Crippen LogP contribution in [0, 0.1) is 0 Å². The Balaban J connectivity index is 1.16. The Morgan fingerprint density at radius 3 is 2.94 bits per heavy atom. The zero-order chi connectivity index (χ0) is 21.2. The van der Waals surface area contributed by atoms with Gasteiger partial charge in [0, 0.05) is 42.7 Å². The molecular formula is C23H26N6O2. The third-order valence-corrected chi connectivity index (χ3v) is 6.03. The van der Waals surface area contributed by atoms with Crippen LogP contribution in [0.3, 0.4) is 0 Å². The smallest absolute Gasteiger partial charge is 0.223 e. The molecule has 4 aromatic rings. The second-order valence-electron chi connectivity index (χ2n) is 8.21. The van der Waals surface area contributed by atoms with E-state index in [-0.39, 0.29) is 5.91 Å². The Kier molecular flexibility index (Phi) is 5.28. The molecule has 2 N–H and O–H groups in total. The lowest BCUT2D eigenvalue weighted by atomic mass is 9.96. The number of hydrogen-bond donors (Lipinski definition) is 2. The lowest BCUT2D eigenvalue weighted by Gasteiger charge is -2.17. The molecule has 0 fully saturated rings. The summed E-state index contributed by atoms with van der Waals surface area (Å²) in [6, 6.07) is 8.13. The molecule has 3 aromatic heterocycles. The Morgan fingerprint density at radius 1 is 1.16 bits per heavy atom. The van der Waals surface area contributed by atoms with E-state index in [4.69, 9.17) is 4.42 Å². The van der Waals surface area contributed by atoms with Crippen molar-refractivity contribution in [1.82, 2.24) is 30.3 Å². The minimum absolute atomic E-state index is 0.0453. The molecule has 0 radical (unpaired) electrons. The summed E-state index contributed by atoms with van der Waals surface area (Å²) in [4.78, 5) is 17.6. The number of H-pyrrole nitrogens is 2.